The summed E-state index contributed by atoms with van der Waals surface area (Å²) in [5.74, 6) is 0.605. The summed E-state index contributed by atoms with van der Waals surface area (Å²) in [6.07, 6.45) is 1.90. The second-order valence-electron chi connectivity index (χ2n) is 4.48. The molecule has 0 atom stereocenters. The molecule has 2 N–H and O–H groups in total. The number of carbonyl (C=O) groups is 1. The Balaban J connectivity index is 2.25. The van der Waals surface area contributed by atoms with E-state index in [1.807, 2.05) is 6.20 Å². The third-order valence-corrected chi connectivity index (χ3v) is 2.16. The summed E-state index contributed by atoms with van der Waals surface area (Å²) in [5, 5.41) is 14.1. The number of rotatable bonds is 7. The van der Waals surface area contributed by atoms with Crippen LogP contribution in [-0.2, 0) is 17.9 Å². The lowest BCUT2D eigenvalue weighted by molar-refractivity contribution is -0.118. The molecule has 0 aromatic carbocycles. The first-order valence-corrected chi connectivity index (χ1v) is 5.92. The molecule has 0 aliphatic heterocycles. The molecule has 0 aliphatic carbocycles. The Hall–Kier alpha value is -1.43. The molecule has 1 rings (SSSR count). The van der Waals surface area contributed by atoms with Gasteiger partial charge in [-0.1, -0.05) is 19.1 Å². The number of aromatic nitrogens is 3. The molecule has 17 heavy (non-hydrogen) atoms. The number of hydrogen-bond acceptors (Lipinski definition) is 4. The number of nitrogens with zero attached hydrogens (tertiary/aromatic N) is 3. The summed E-state index contributed by atoms with van der Waals surface area (Å²) in [4.78, 5) is 10.7. The lowest BCUT2D eigenvalue weighted by Crippen LogP contribution is -2.24. The highest BCUT2D eigenvalue weighted by molar-refractivity contribution is 5.72. The molecule has 0 bridgehead atoms. The molecule has 1 heterocycles. The van der Waals surface area contributed by atoms with Crippen molar-refractivity contribution in [3.05, 3.63) is 11.9 Å². The Bertz CT molecular complexity index is 347. The Labute approximate surface area is 102 Å². The molecule has 0 aliphatic rings. The average molecular weight is 239 g/mol. The van der Waals surface area contributed by atoms with E-state index in [-0.39, 0.29) is 5.91 Å². The molecule has 6 heteroatoms. The third kappa shape index (κ3) is 6.01. The summed E-state index contributed by atoms with van der Waals surface area (Å²) in [6, 6.07) is 0. The largest absolute Gasteiger partial charge is 0.354 e. The summed E-state index contributed by atoms with van der Waals surface area (Å²) in [5.41, 5.74) is 0.925. The summed E-state index contributed by atoms with van der Waals surface area (Å²) < 4.78 is 1.74. The van der Waals surface area contributed by atoms with Crippen molar-refractivity contribution in [3.63, 3.8) is 0 Å². The maximum absolute atomic E-state index is 10.7. The fraction of sp³-hybridized carbons (Fsp3) is 0.727. The van der Waals surface area contributed by atoms with Crippen molar-refractivity contribution in [1.29, 1.82) is 0 Å². The first-order chi connectivity index (χ1) is 8.08. The van der Waals surface area contributed by atoms with Crippen molar-refractivity contribution in [2.45, 2.75) is 33.9 Å². The van der Waals surface area contributed by atoms with Gasteiger partial charge in [0.05, 0.1) is 12.2 Å². The van der Waals surface area contributed by atoms with Gasteiger partial charge in [-0.15, -0.1) is 5.10 Å². The van der Waals surface area contributed by atoms with Crippen LogP contribution in [0.15, 0.2) is 6.20 Å². The van der Waals surface area contributed by atoms with E-state index >= 15 is 0 Å². The van der Waals surface area contributed by atoms with E-state index in [4.69, 9.17) is 0 Å². The summed E-state index contributed by atoms with van der Waals surface area (Å²) >= 11 is 0. The van der Waals surface area contributed by atoms with Gasteiger partial charge in [0.2, 0.25) is 5.91 Å². The van der Waals surface area contributed by atoms with Crippen LogP contribution in [-0.4, -0.2) is 34.0 Å². The van der Waals surface area contributed by atoms with E-state index in [2.05, 4.69) is 34.8 Å². The van der Waals surface area contributed by atoms with Crippen molar-refractivity contribution in [2.24, 2.45) is 5.92 Å². The SMILES string of the molecule is CC(=O)NCCn1cc(CNCC(C)C)nn1. The number of carbonyl (C=O) groups excluding carboxylic acids is 1. The lowest BCUT2D eigenvalue weighted by atomic mass is 10.2. The van der Waals surface area contributed by atoms with E-state index in [0.29, 0.717) is 19.0 Å². The third-order valence-electron chi connectivity index (χ3n) is 2.16. The van der Waals surface area contributed by atoms with Gasteiger partial charge in [-0.3, -0.25) is 9.48 Å². The van der Waals surface area contributed by atoms with Crippen LogP contribution in [0.25, 0.3) is 0 Å². The van der Waals surface area contributed by atoms with Crippen LogP contribution in [0.2, 0.25) is 0 Å². The molecular formula is C11H21N5O. The number of nitrogens with one attached hydrogen (secondary N) is 2. The first-order valence-electron chi connectivity index (χ1n) is 5.92. The standard InChI is InChI=1S/C11H21N5O/c1-9(2)6-12-7-11-8-16(15-14-11)5-4-13-10(3)17/h8-9,12H,4-7H2,1-3H3,(H,13,17). The van der Waals surface area contributed by atoms with E-state index in [1.165, 1.54) is 6.92 Å². The molecule has 0 saturated heterocycles. The van der Waals surface area contributed by atoms with Crippen molar-refractivity contribution in [3.8, 4) is 0 Å². The fourth-order valence-electron chi connectivity index (χ4n) is 1.36. The maximum atomic E-state index is 10.7. The zero-order valence-electron chi connectivity index (χ0n) is 10.7. The maximum Gasteiger partial charge on any atom is 0.216 e. The second kappa shape index (κ2) is 7.01. The normalized spacial score (nSPS) is 10.8. The van der Waals surface area contributed by atoms with E-state index < -0.39 is 0 Å². The topological polar surface area (TPSA) is 71.8 Å². The minimum atomic E-state index is -0.0241. The van der Waals surface area contributed by atoms with E-state index in [1.54, 1.807) is 4.68 Å². The quantitative estimate of drug-likeness (QED) is 0.711. The summed E-state index contributed by atoms with van der Waals surface area (Å²) in [6.45, 7) is 8.77. The molecule has 1 amide bonds. The molecule has 0 radical (unpaired) electrons. The van der Waals surface area contributed by atoms with Crippen LogP contribution in [0.5, 0.6) is 0 Å². The van der Waals surface area contributed by atoms with Gasteiger partial charge in [-0.2, -0.15) is 0 Å². The van der Waals surface area contributed by atoms with Gasteiger partial charge in [0, 0.05) is 26.2 Å². The Morgan fingerprint density at radius 2 is 2.29 bits per heavy atom. The molecule has 0 unspecified atom stereocenters. The predicted molar refractivity (Wildman–Crippen MR) is 65.3 cm³/mol. The Morgan fingerprint density at radius 3 is 2.94 bits per heavy atom. The highest BCUT2D eigenvalue weighted by Gasteiger charge is 2.01. The fourth-order valence-corrected chi connectivity index (χ4v) is 1.36. The van der Waals surface area contributed by atoms with Gasteiger partial charge in [0.15, 0.2) is 0 Å². The minimum Gasteiger partial charge on any atom is -0.354 e. The predicted octanol–water partition coefficient (Wildman–Crippen LogP) is 0.160. The number of amides is 1. The molecule has 0 saturated carbocycles. The van der Waals surface area contributed by atoms with Gasteiger partial charge >= 0.3 is 0 Å². The molecule has 96 valence electrons. The lowest BCUT2D eigenvalue weighted by Gasteiger charge is -2.04. The monoisotopic (exact) mass is 239 g/mol. The molecule has 0 spiro atoms. The zero-order valence-corrected chi connectivity index (χ0v) is 10.7. The Morgan fingerprint density at radius 1 is 1.53 bits per heavy atom. The Kier molecular flexibility index (Phi) is 5.62. The second-order valence-corrected chi connectivity index (χ2v) is 4.48. The van der Waals surface area contributed by atoms with Crippen LogP contribution in [0.4, 0.5) is 0 Å². The number of hydrogen-bond donors (Lipinski definition) is 2. The van der Waals surface area contributed by atoms with Crippen molar-refractivity contribution < 1.29 is 4.79 Å². The summed E-state index contributed by atoms with van der Waals surface area (Å²) in [7, 11) is 0. The molecular weight excluding hydrogens is 218 g/mol. The van der Waals surface area contributed by atoms with Gasteiger partial charge < -0.3 is 10.6 Å². The van der Waals surface area contributed by atoms with E-state index in [0.717, 1.165) is 18.8 Å². The van der Waals surface area contributed by atoms with Gasteiger partial charge in [0.1, 0.15) is 0 Å². The smallest absolute Gasteiger partial charge is 0.216 e. The molecule has 1 aromatic rings. The van der Waals surface area contributed by atoms with E-state index in [9.17, 15) is 4.79 Å². The molecule has 6 nitrogen and oxygen atoms in total. The van der Waals surface area contributed by atoms with Crippen molar-refractivity contribution in [1.82, 2.24) is 25.6 Å². The first kappa shape index (κ1) is 13.6. The molecule has 1 aromatic heterocycles. The van der Waals surface area contributed by atoms with Crippen molar-refractivity contribution >= 4 is 5.91 Å². The highest BCUT2D eigenvalue weighted by atomic mass is 16.1. The van der Waals surface area contributed by atoms with Crippen molar-refractivity contribution in [2.75, 3.05) is 13.1 Å². The van der Waals surface area contributed by atoms with Crippen LogP contribution in [0.3, 0.4) is 0 Å². The zero-order chi connectivity index (χ0) is 12.7. The van der Waals surface area contributed by atoms with Crippen LogP contribution in [0, 0.1) is 5.92 Å². The minimum absolute atomic E-state index is 0.0241. The molecule has 0 fully saturated rings. The van der Waals surface area contributed by atoms with Gasteiger partial charge in [0.25, 0.3) is 0 Å². The van der Waals surface area contributed by atoms with Gasteiger partial charge in [-0.25, -0.2) is 0 Å². The van der Waals surface area contributed by atoms with Gasteiger partial charge in [-0.05, 0) is 12.5 Å². The average Bonchev–Trinajstić information content (AvgIpc) is 2.65. The van der Waals surface area contributed by atoms with Crippen LogP contribution >= 0.6 is 0 Å². The van der Waals surface area contributed by atoms with Crippen LogP contribution in [0.1, 0.15) is 26.5 Å². The van der Waals surface area contributed by atoms with Crippen LogP contribution < -0.4 is 10.6 Å². The highest BCUT2D eigenvalue weighted by Crippen LogP contribution is 1.94.